The van der Waals surface area contributed by atoms with Crippen molar-refractivity contribution in [1.29, 1.82) is 0 Å². The average molecular weight is 334 g/mol. The molecule has 0 unspecified atom stereocenters. The number of carbonyl (C=O) groups excluding carboxylic acids is 2. The van der Waals surface area contributed by atoms with Crippen molar-refractivity contribution in [2.75, 3.05) is 27.3 Å². The molecule has 1 fully saturated rings. The van der Waals surface area contributed by atoms with Crippen LogP contribution < -0.4 is 20.1 Å². The monoisotopic (exact) mass is 334 g/mol. The lowest BCUT2D eigenvalue weighted by Crippen LogP contribution is -2.39. The van der Waals surface area contributed by atoms with Crippen LogP contribution in [0.5, 0.6) is 11.5 Å². The van der Waals surface area contributed by atoms with Crippen LogP contribution in [0.2, 0.25) is 0 Å². The molecule has 1 aliphatic carbocycles. The average Bonchev–Trinajstić information content (AvgIpc) is 2.64. The molecule has 0 saturated heterocycles. The minimum absolute atomic E-state index is 0.0279. The Morgan fingerprint density at radius 2 is 1.75 bits per heavy atom. The second-order valence-corrected chi connectivity index (χ2v) is 6.06. The summed E-state index contributed by atoms with van der Waals surface area (Å²) in [6.45, 7) is 0.672. The number of hydrogen-bond acceptors (Lipinski definition) is 4. The highest BCUT2D eigenvalue weighted by molar-refractivity contribution is 5.97. The van der Waals surface area contributed by atoms with Gasteiger partial charge in [0.15, 0.2) is 11.5 Å². The summed E-state index contributed by atoms with van der Waals surface area (Å²) in [6, 6.07) is 4.89. The van der Waals surface area contributed by atoms with E-state index < -0.39 is 0 Å². The van der Waals surface area contributed by atoms with Crippen molar-refractivity contribution in [1.82, 2.24) is 10.6 Å². The Balaban J connectivity index is 1.78. The molecule has 1 saturated carbocycles. The molecule has 1 aromatic rings. The zero-order chi connectivity index (χ0) is 17.4. The number of ether oxygens (including phenoxy) is 2. The van der Waals surface area contributed by atoms with E-state index in [1.807, 2.05) is 0 Å². The molecule has 0 bridgehead atoms. The van der Waals surface area contributed by atoms with E-state index in [0.717, 1.165) is 0 Å². The van der Waals surface area contributed by atoms with Crippen LogP contribution in [0.1, 0.15) is 42.5 Å². The van der Waals surface area contributed by atoms with E-state index in [9.17, 15) is 9.59 Å². The number of nitrogens with one attached hydrogen (secondary N) is 2. The maximum absolute atomic E-state index is 12.1. The van der Waals surface area contributed by atoms with Gasteiger partial charge in [-0.3, -0.25) is 9.59 Å². The van der Waals surface area contributed by atoms with E-state index in [1.165, 1.54) is 46.3 Å². The van der Waals surface area contributed by atoms with Crippen LogP contribution in [-0.2, 0) is 4.79 Å². The van der Waals surface area contributed by atoms with Crippen LogP contribution in [0.4, 0.5) is 0 Å². The number of carbonyl (C=O) groups is 2. The highest BCUT2D eigenvalue weighted by atomic mass is 16.5. The summed E-state index contributed by atoms with van der Waals surface area (Å²) < 4.78 is 10.3. The minimum atomic E-state index is -0.316. The molecule has 132 valence electrons. The third-order valence-corrected chi connectivity index (χ3v) is 4.37. The van der Waals surface area contributed by atoms with E-state index in [4.69, 9.17) is 9.47 Å². The summed E-state index contributed by atoms with van der Waals surface area (Å²) >= 11 is 0. The topological polar surface area (TPSA) is 76.7 Å². The van der Waals surface area contributed by atoms with Crippen LogP contribution >= 0.6 is 0 Å². The summed E-state index contributed by atoms with van der Waals surface area (Å²) in [6.07, 6.45) is 6.15. The summed E-state index contributed by atoms with van der Waals surface area (Å²) in [4.78, 5) is 24.0. The maximum atomic E-state index is 12.1. The first-order valence-electron chi connectivity index (χ1n) is 8.41. The molecule has 2 N–H and O–H groups in total. The Labute approximate surface area is 142 Å². The Kier molecular flexibility index (Phi) is 6.90. The second kappa shape index (κ2) is 9.15. The van der Waals surface area contributed by atoms with Gasteiger partial charge in [-0.2, -0.15) is 0 Å². The number of methoxy groups -OCH3 is 2. The van der Waals surface area contributed by atoms with Gasteiger partial charge in [0.25, 0.3) is 5.91 Å². The molecule has 2 rings (SSSR count). The molecule has 1 aliphatic rings. The quantitative estimate of drug-likeness (QED) is 0.801. The van der Waals surface area contributed by atoms with Crippen molar-refractivity contribution in [3.05, 3.63) is 23.8 Å². The van der Waals surface area contributed by atoms with Crippen molar-refractivity contribution in [3.8, 4) is 11.5 Å². The lowest BCUT2D eigenvalue weighted by molar-refractivity contribution is -0.120. The third-order valence-electron chi connectivity index (χ3n) is 4.37. The first-order chi connectivity index (χ1) is 11.6. The van der Waals surface area contributed by atoms with Crippen molar-refractivity contribution >= 4 is 11.8 Å². The van der Waals surface area contributed by atoms with Gasteiger partial charge in [-0.25, -0.2) is 0 Å². The molecular weight excluding hydrogens is 308 g/mol. The van der Waals surface area contributed by atoms with Gasteiger partial charge >= 0.3 is 0 Å². The summed E-state index contributed by atoms with van der Waals surface area (Å²) in [5.74, 6) is 1.13. The SMILES string of the molecule is COc1ccc(C(=O)NCC(=O)NCC2CCCCC2)cc1OC. The van der Waals surface area contributed by atoms with Gasteiger partial charge in [-0.15, -0.1) is 0 Å². The first-order valence-corrected chi connectivity index (χ1v) is 8.41. The van der Waals surface area contributed by atoms with Crippen LogP contribution in [0.3, 0.4) is 0 Å². The van der Waals surface area contributed by atoms with Gasteiger partial charge in [0.05, 0.1) is 20.8 Å². The Hall–Kier alpha value is -2.24. The highest BCUT2D eigenvalue weighted by Crippen LogP contribution is 2.27. The number of hydrogen-bond donors (Lipinski definition) is 2. The zero-order valence-corrected chi connectivity index (χ0v) is 14.4. The fourth-order valence-corrected chi connectivity index (χ4v) is 2.95. The fraction of sp³-hybridized carbons (Fsp3) is 0.556. The number of benzene rings is 1. The fourth-order valence-electron chi connectivity index (χ4n) is 2.95. The summed E-state index contributed by atoms with van der Waals surface area (Å²) in [5, 5.41) is 5.53. The van der Waals surface area contributed by atoms with E-state index in [2.05, 4.69) is 10.6 Å². The van der Waals surface area contributed by atoms with Gasteiger partial charge in [0.2, 0.25) is 5.91 Å². The lowest BCUT2D eigenvalue weighted by atomic mass is 9.89. The second-order valence-electron chi connectivity index (χ2n) is 6.06. The van der Waals surface area contributed by atoms with E-state index in [0.29, 0.717) is 29.5 Å². The smallest absolute Gasteiger partial charge is 0.251 e. The molecular formula is C18H26N2O4. The van der Waals surface area contributed by atoms with Crippen molar-refractivity contribution in [2.45, 2.75) is 32.1 Å². The van der Waals surface area contributed by atoms with Crippen molar-refractivity contribution < 1.29 is 19.1 Å². The van der Waals surface area contributed by atoms with Gasteiger partial charge in [-0.05, 0) is 37.0 Å². The maximum Gasteiger partial charge on any atom is 0.251 e. The number of amides is 2. The molecule has 6 heteroatoms. The minimum Gasteiger partial charge on any atom is -0.493 e. The van der Waals surface area contributed by atoms with Crippen LogP contribution in [0.15, 0.2) is 18.2 Å². The highest BCUT2D eigenvalue weighted by Gasteiger charge is 2.15. The molecule has 0 heterocycles. The van der Waals surface area contributed by atoms with E-state index >= 15 is 0 Å². The molecule has 0 spiro atoms. The van der Waals surface area contributed by atoms with E-state index in [1.54, 1.807) is 18.2 Å². The molecule has 24 heavy (non-hydrogen) atoms. The molecule has 6 nitrogen and oxygen atoms in total. The van der Waals surface area contributed by atoms with Crippen molar-refractivity contribution in [3.63, 3.8) is 0 Å². The van der Waals surface area contributed by atoms with Crippen molar-refractivity contribution in [2.24, 2.45) is 5.92 Å². The Morgan fingerprint density at radius 3 is 2.42 bits per heavy atom. The van der Waals surface area contributed by atoms with E-state index in [-0.39, 0.29) is 18.4 Å². The molecule has 1 aromatic carbocycles. The largest absolute Gasteiger partial charge is 0.493 e. The van der Waals surface area contributed by atoms with Gasteiger partial charge in [0, 0.05) is 12.1 Å². The van der Waals surface area contributed by atoms with Gasteiger partial charge in [-0.1, -0.05) is 19.3 Å². The lowest BCUT2D eigenvalue weighted by Gasteiger charge is -2.21. The van der Waals surface area contributed by atoms with Crippen LogP contribution in [-0.4, -0.2) is 39.1 Å². The molecule has 0 atom stereocenters. The summed E-state index contributed by atoms with van der Waals surface area (Å²) in [7, 11) is 3.05. The predicted octanol–water partition coefficient (Wildman–Crippen LogP) is 2.13. The molecule has 2 amide bonds. The van der Waals surface area contributed by atoms with Gasteiger partial charge < -0.3 is 20.1 Å². The standard InChI is InChI=1S/C18H26N2O4/c1-23-15-9-8-14(10-16(15)24-2)18(22)20-12-17(21)19-11-13-6-4-3-5-7-13/h8-10,13H,3-7,11-12H2,1-2H3,(H,19,21)(H,20,22). The summed E-state index contributed by atoms with van der Waals surface area (Å²) in [5.41, 5.74) is 0.424. The van der Waals surface area contributed by atoms with Gasteiger partial charge in [0.1, 0.15) is 0 Å². The molecule has 0 aromatic heterocycles. The van der Waals surface area contributed by atoms with Crippen LogP contribution in [0.25, 0.3) is 0 Å². The molecule has 0 radical (unpaired) electrons. The predicted molar refractivity (Wildman–Crippen MR) is 91.5 cm³/mol. The molecule has 0 aliphatic heterocycles. The Morgan fingerprint density at radius 1 is 1.04 bits per heavy atom. The Bertz CT molecular complexity index is 568. The van der Waals surface area contributed by atoms with Crippen LogP contribution in [0, 0.1) is 5.92 Å². The zero-order valence-electron chi connectivity index (χ0n) is 14.4. The number of rotatable bonds is 7. The normalized spacial score (nSPS) is 14.8. The third kappa shape index (κ3) is 5.15. The first kappa shape index (κ1) is 18.1.